The first kappa shape index (κ1) is 27.3. The molecular formula is C30H34N6O4. The third-order valence-electron chi connectivity index (χ3n) is 7.07. The number of methoxy groups -OCH3 is 1. The summed E-state index contributed by atoms with van der Waals surface area (Å²) in [5.41, 5.74) is 3.11. The van der Waals surface area contributed by atoms with Crippen LogP contribution < -0.4 is 10.1 Å². The minimum absolute atomic E-state index is 0.0456. The Bertz CT molecular complexity index is 1420. The van der Waals surface area contributed by atoms with E-state index in [0.29, 0.717) is 49.7 Å². The van der Waals surface area contributed by atoms with Crippen molar-refractivity contribution in [2.24, 2.45) is 0 Å². The monoisotopic (exact) mass is 542 g/mol. The van der Waals surface area contributed by atoms with E-state index >= 15 is 0 Å². The van der Waals surface area contributed by atoms with Gasteiger partial charge in [-0.2, -0.15) is 0 Å². The van der Waals surface area contributed by atoms with Crippen molar-refractivity contribution in [3.63, 3.8) is 0 Å². The quantitative estimate of drug-likeness (QED) is 0.311. The van der Waals surface area contributed by atoms with Crippen molar-refractivity contribution in [2.75, 3.05) is 46.5 Å². The van der Waals surface area contributed by atoms with Crippen LogP contribution in [0.4, 0.5) is 0 Å². The van der Waals surface area contributed by atoms with Crippen LogP contribution in [0.5, 0.6) is 5.75 Å². The number of hydrogen-bond acceptors (Lipinski definition) is 7. The standard InChI is InChI=1S/C30H34N6O4/c1-39-25-11-7-10-24(20-25)29(30(38)31-21-23-8-3-2-4-9-23)35(15-14-34-16-18-40-19-17-34)28(37)22-36-27-13-6-5-12-26(27)32-33-36/h2-13,20,29H,14-19,21-22H2,1H3,(H,31,38). The second-order valence-electron chi connectivity index (χ2n) is 9.66. The fourth-order valence-electron chi connectivity index (χ4n) is 4.89. The van der Waals surface area contributed by atoms with Crippen molar-refractivity contribution in [2.45, 2.75) is 19.1 Å². The summed E-state index contributed by atoms with van der Waals surface area (Å²) in [4.78, 5) is 31.9. The van der Waals surface area contributed by atoms with Gasteiger partial charge in [0.2, 0.25) is 11.8 Å². The smallest absolute Gasteiger partial charge is 0.247 e. The summed E-state index contributed by atoms with van der Waals surface area (Å²) in [6, 6.07) is 23.7. The minimum Gasteiger partial charge on any atom is -0.497 e. The largest absolute Gasteiger partial charge is 0.497 e. The van der Waals surface area contributed by atoms with Gasteiger partial charge in [0, 0.05) is 32.7 Å². The average Bonchev–Trinajstić information content (AvgIpc) is 3.41. The van der Waals surface area contributed by atoms with Gasteiger partial charge in [0.15, 0.2) is 0 Å². The van der Waals surface area contributed by atoms with Gasteiger partial charge in [0.25, 0.3) is 0 Å². The third-order valence-corrected chi connectivity index (χ3v) is 7.07. The Morgan fingerprint density at radius 1 is 1.02 bits per heavy atom. The van der Waals surface area contributed by atoms with Gasteiger partial charge in [-0.05, 0) is 35.4 Å². The first-order chi connectivity index (χ1) is 19.6. The molecule has 208 valence electrons. The fourth-order valence-corrected chi connectivity index (χ4v) is 4.89. The zero-order valence-corrected chi connectivity index (χ0v) is 22.6. The number of rotatable bonds is 11. The highest BCUT2D eigenvalue weighted by molar-refractivity contribution is 5.89. The molecule has 1 unspecified atom stereocenters. The first-order valence-electron chi connectivity index (χ1n) is 13.5. The number of para-hydroxylation sites is 1. The van der Waals surface area contributed by atoms with Gasteiger partial charge < -0.3 is 19.7 Å². The van der Waals surface area contributed by atoms with Crippen LogP contribution in [0, 0.1) is 0 Å². The number of ether oxygens (including phenoxy) is 2. The summed E-state index contributed by atoms with van der Waals surface area (Å²) in [6.45, 7) is 4.12. The molecule has 2 heterocycles. The van der Waals surface area contributed by atoms with Crippen molar-refractivity contribution < 1.29 is 19.1 Å². The van der Waals surface area contributed by atoms with Gasteiger partial charge in [0.05, 0.1) is 25.8 Å². The topological polar surface area (TPSA) is 102 Å². The summed E-state index contributed by atoms with van der Waals surface area (Å²) in [7, 11) is 1.58. The molecule has 5 rings (SSSR count). The molecule has 10 heteroatoms. The first-order valence-corrected chi connectivity index (χ1v) is 13.5. The number of nitrogens with one attached hydrogen (secondary N) is 1. The lowest BCUT2D eigenvalue weighted by atomic mass is 10.0. The fraction of sp³-hybridized carbons (Fsp3) is 0.333. The van der Waals surface area contributed by atoms with E-state index in [-0.39, 0.29) is 18.4 Å². The zero-order chi connectivity index (χ0) is 27.7. The summed E-state index contributed by atoms with van der Waals surface area (Å²) >= 11 is 0. The molecular weight excluding hydrogens is 508 g/mol. The molecule has 0 spiro atoms. The highest BCUT2D eigenvalue weighted by Gasteiger charge is 2.32. The number of hydrogen-bond donors (Lipinski definition) is 1. The van der Waals surface area contributed by atoms with E-state index in [9.17, 15) is 9.59 Å². The van der Waals surface area contributed by atoms with Gasteiger partial charge in [-0.15, -0.1) is 5.10 Å². The molecule has 0 aliphatic carbocycles. The molecule has 1 fully saturated rings. The van der Waals surface area contributed by atoms with Gasteiger partial charge >= 0.3 is 0 Å². The van der Waals surface area contributed by atoms with Gasteiger partial charge in [0.1, 0.15) is 23.9 Å². The summed E-state index contributed by atoms with van der Waals surface area (Å²) in [6.07, 6.45) is 0. The van der Waals surface area contributed by atoms with Crippen LogP contribution in [-0.2, 0) is 27.4 Å². The summed E-state index contributed by atoms with van der Waals surface area (Å²) in [5, 5.41) is 11.5. The lowest BCUT2D eigenvalue weighted by Gasteiger charge is -2.34. The van der Waals surface area contributed by atoms with Crippen molar-refractivity contribution in [1.82, 2.24) is 30.1 Å². The van der Waals surface area contributed by atoms with E-state index < -0.39 is 6.04 Å². The van der Waals surface area contributed by atoms with Crippen molar-refractivity contribution >= 4 is 22.8 Å². The number of carbonyl (C=O) groups is 2. The Kier molecular flexibility index (Phi) is 9.00. The van der Waals surface area contributed by atoms with Gasteiger partial charge in [-0.1, -0.05) is 59.8 Å². The van der Waals surface area contributed by atoms with Crippen LogP contribution in [0.25, 0.3) is 11.0 Å². The summed E-state index contributed by atoms with van der Waals surface area (Å²) in [5.74, 6) is 0.115. The number of morpholine rings is 1. The van der Waals surface area contributed by atoms with Crippen molar-refractivity contribution in [3.8, 4) is 5.75 Å². The third kappa shape index (κ3) is 6.64. The average molecular weight is 543 g/mol. The zero-order valence-electron chi connectivity index (χ0n) is 22.6. The van der Waals surface area contributed by atoms with Crippen LogP contribution >= 0.6 is 0 Å². The maximum absolute atomic E-state index is 14.1. The minimum atomic E-state index is -0.873. The van der Waals surface area contributed by atoms with Crippen LogP contribution in [0.2, 0.25) is 0 Å². The Morgan fingerprint density at radius 2 is 1.80 bits per heavy atom. The Balaban J connectivity index is 1.46. The number of fused-ring (bicyclic) bond motifs is 1. The number of amides is 2. The highest BCUT2D eigenvalue weighted by atomic mass is 16.5. The lowest BCUT2D eigenvalue weighted by molar-refractivity contribution is -0.142. The Labute approximate surface area is 233 Å². The van der Waals surface area contributed by atoms with Crippen LogP contribution in [0.1, 0.15) is 17.2 Å². The molecule has 1 aliphatic rings. The second-order valence-corrected chi connectivity index (χ2v) is 9.66. The lowest BCUT2D eigenvalue weighted by Crippen LogP contribution is -2.49. The number of benzene rings is 3. The Hall–Kier alpha value is -4.28. The van der Waals surface area contributed by atoms with E-state index in [0.717, 1.165) is 24.2 Å². The second kappa shape index (κ2) is 13.2. The molecule has 2 amide bonds. The van der Waals surface area contributed by atoms with Crippen LogP contribution in [-0.4, -0.2) is 83.1 Å². The summed E-state index contributed by atoms with van der Waals surface area (Å²) < 4.78 is 12.6. The number of nitrogens with zero attached hydrogens (tertiary/aromatic N) is 5. The van der Waals surface area contributed by atoms with Gasteiger partial charge in [-0.3, -0.25) is 14.5 Å². The molecule has 0 saturated carbocycles. The molecule has 3 aromatic carbocycles. The van der Waals surface area contributed by atoms with Crippen LogP contribution in [0.3, 0.4) is 0 Å². The Morgan fingerprint density at radius 3 is 2.60 bits per heavy atom. The maximum Gasteiger partial charge on any atom is 0.247 e. The van der Waals surface area contributed by atoms with E-state index in [1.807, 2.05) is 78.9 Å². The van der Waals surface area contributed by atoms with Crippen molar-refractivity contribution in [3.05, 3.63) is 90.0 Å². The molecule has 0 bridgehead atoms. The molecule has 1 aromatic heterocycles. The van der Waals surface area contributed by atoms with E-state index in [4.69, 9.17) is 9.47 Å². The van der Waals surface area contributed by atoms with Gasteiger partial charge in [-0.25, -0.2) is 4.68 Å². The molecule has 1 aliphatic heterocycles. The van der Waals surface area contributed by atoms with Crippen molar-refractivity contribution in [1.29, 1.82) is 0 Å². The predicted molar refractivity (Wildman–Crippen MR) is 151 cm³/mol. The predicted octanol–water partition coefficient (Wildman–Crippen LogP) is 2.66. The molecule has 1 saturated heterocycles. The van der Waals surface area contributed by atoms with Crippen LogP contribution in [0.15, 0.2) is 78.9 Å². The molecule has 0 radical (unpaired) electrons. The van der Waals surface area contributed by atoms with E-state index in [2.05, 4.69) is 20.5 Å². The number of carbonyl (C=O) groups excluding carboxylic acids is 2. The molecule has 1 N–H and O–H groups in total. The van der Waals surface area contributed by atoms with E-state index in [1.54, 1.807) is 16.7 Å². The molecule has 4 aromatic rings. The SMILES string of the molecule is COc1cccc(C(C(=O)NCc2ccccc2)N(CCN2CCOCC2)C(=O)Cn2nnc3ccccc32)c1. The molecule has 10 nitrogen and oxygen atoms in total. The maximum atomic E-state index is 14.1. The normalized spacial score (nSPS) is 14.5. The molecule has 1 atom stereocenters. The molecule has 40 heavy (non-hydrogen) atoms. The number of aromatic nitrogens is 3. The highest BCUT2D eigenvalue weighted by Crippen LogP contribution is 2.26. The van der Waals surface area contributed by atoms with E-state index in [1.165, 1.54) is 0 Å².